The minimum Gasteiger partial charge on any atom is -0.362 e. The van der Waals surface area contributed by atoms with Crippen LogP contribution in [0.4, 0.5) is 0 Å². The van der Waals surface area contributed by atoms with Crippen LogP contribution in [0.3, 0.4) is 0 Å². The number of hydrogen-bond donors (Lipinski definition) is 2. The summed E-state index contributed by atoms with van der Waals surface area (Å²) in [6.07, 6.45) is 0.240. The standard InChI is InChI=1S/C6H14N2O/c1-2-9-6-5-7-3-4-8-6/h6-8H,2-5H2,1H3. The molecule has 0 aromatic rings. The first-order valence-corrected chi connectivity index (χ1v) is 3.49. The summed E-state index contributed by atoms with van der Waals surface area (Å²) in [6, 6.07) is 0. The van der Waals surface area contributed by atoms with Gasteiger partial charge in [-0.15, -0.1) is 0 Å². The molecule has 0 aromatic carbocycles. The van der Waals surface area contributed by atoms with Crippen LogP contribution in [0.5, 0.6) is 0 Å². The molecular formula is C6H14N2O. The number of ether oxygens (including phenoxy) is 1. The van der Waals surface area contributed by atoms with Crippen LogP contribution in [-0.2, 0) is 4.74 Å². The minimum atomic E-state index is 0.240. The fourth-order valence-corrected chi connectivity index (χ4v) is 0.946. The second-order valence-electron chi connectivity index (χ2n) is 2.10. The van der Waals surface area contributed by atoms with Crippen LogP contribution in [-0.4, -0.2) is 32.5 Å². The van der Waals surface area contributed by atoms with Gasteiger partial charge in [0.1, 0.15) is 6.23 Å². The number of rotatable bonds is 2. The molecule has 1 fully saturated rings. The van der Waals surface area contributed by atoms with E-state index in [0.29, 0.717) is 0 Å². The molecule has 9 heavy (non-hydrogen) atoms. The molecule has 0 amide bonds. The van der Waals surface area contributed by atoms with Crippen molar-refractivity contribution in [1.82, 2.24) is 10.6 Å². The maximum atomic E-state index is 5.31. The molecular weight excluding hydrogens is 116 g/mol. The molecule has 0 aromatic heterocycles. The van der Waals surface area contributed by atoms with Crippen molar-refractivity contribution in [2.75, 3.05) is 26.2 Å². The summed E-state index contributed by atoms with van der Waals surface area (Å²) in [6.45, 7) is 5.82. The third-order valence-corrected chi connectivity index (χ3v) is 1.37. The monoisotopic (exact) mass is 130 g/mol. The zero-order chi connectivity index (χ0) is 6.53. The third kappa shape index (κ3) is 2.30. The Labute approximate surface area is 55.8 Å². The first-order chi connectivity index (χ1) is 4.43. The largest absolute Gasteiger partial charge is 0.362 e. The number of piperazine rings is 1. The van der Waals surface area contributed by atoms with Crippen molar-refractivity contribution >= 4 is 0 Å². The summed E-state index contributed by atoms with van der Waals surface area (Å²) in [5.74, 6) is 0. The Morgan fingerprint density at radius 2 is 2.44 bits per heavy atom. The van der Waals surface area contributed by atoms with E-state index in [-0.39, 0.29) is 6.23 Å². The van der Waals surface area contributed by atoms with Crippen molar-refractivity contribution in [3.8, 4) is 0 Å². The van der Waals surface area contributed by atoms with Crippen molar-refractivity contribution in [2.24, 2.45) is 0 Å². The lowest BCUT2D eigenvalue weighted by molar-refractivity contribution is 0.0293. The Hall–Kier alpha value is -0.120. The zero-order valence-electron chi connectivity index (χ0n) is 5.81. The summed E-state index contributed by atoms with van der Waals surface area (Å²) < 4.78 is 5.31. The summed E-state index contributed by atoms with van der Waals surface area (Å²) >= 11 is 0. The second kappa shape index (κ2) is 3.82. The molecule has 1 rings (SSSR count). The van der Waals surface area contributed by atoms with Crippen LogP contribution in [0.15, 0.2) is 0 Å². The third-order valence-electron chi connectivity index (χ3n) is 1.37. The van der Waals surface area contributed by atoms with Gasteiger partial charge in [0, 0.05) is 26.2 Å². The van der Waals surface area contributed by atoms with Gasteiger partial charge in [-0.3, -0.25) is 5.32 Å². The molecule has 1 atom stereocenters. The molecule has 0 spiro atoms. The Balaban J connectivity index is 2.08. The summed E-state index contributed by atoms with van der Waals surface area (Å²) in [4.78, 5) is 0. The molecule has 0 radical (unpaired) electrons. The highest BCUT2D eigenvalue weighted by molar-refractivity contribution is 4.66. The van der Waals surface area contributed by atoms with Crippen LogP contribution in [0.1, 0.15) is 6.92 Å². The van der Waals surface area contributed by atoms with Gasteiger partial charge in [0.25, 0.3) is 0 Å². The molecule has 0 bridgehead atoms. The van der Waals surface area contributed by atoms with E-state index in [1.54, 1.807) is 0 Å². The maximum Gasteiger partial charge on any atom is 0.120 e. The smallest absolute Gasteiger partial charge is 0.120 e. The topological polar surface area (TPSA) is 33.3 Å². The molecule has 3 heteroatoms. The molecule has 1 unspecified atom stereocenters. The Morgan fingerprint density at radius 3 is 3.00 bits per heavy atom. The van der Waals surface area contributed by atoms with Gasteiger partial charge in [0.05, 0.1) is 0 Å². The summed E-state index contributed by atoms with van der Waals surface area (Å²) in [5, 5.41) is 6.47. The molecule has 2 N–H and O–H groups in total. The van der Waals surface area contributed by atoms with Crippen molar-refractivity contribution < 1.29 is 4.74 Å². The number of hydrogen-bond acceptors (Lipinski definition) is 3. The van der Waals surface area contributed by atoms with Gasteiger partial charge in [0.15, 0.2) is 0 Å². The van der Waals surface area contributed by atoms with Crippen LogP contribution in [0, 0.1) is 0 Å². The molecule has 54 valence electrons. The zero-order valence-corrected chi connectivity index (χ0v) is 5.81. The van der Waals surface area contributed by atoms with Gasteiger partial charge < -0.3 is 10.1 Å². The first kappa shape index (κ1) is 6.99. The van der Waals surface area contributed by atoms with Crippen LogP contribution in [0.25, 0.3) is 0 Å². The van der Waals surface area contributed by atoms with Crippen LogP contribution in [0.2, 0.25) is 0 Å². The lowest BCUT2D eigenvalue weighted by Crippen LogP contribution is -2.49. The van der Waals surface area contributed by atoms with Gasteiger partial charge in [-0.2, -0.15) is 0 Å². The fourth-order valence-electron chi connectivity index (χ4n) is 0.946. The Morgan fingerprint density at radius 1 is 1.56 bits per heavy atom. The maximum absolute atomic E-state index is 5.31. The van der Waals surface area contributed by atoms with Crippen LogP contribution < -0.4 is 10.6 Å². The molecule has 1 aliphatic heterocycles. The fraction of sp³-hybridized carbons (Fsp3) is 1.00. The number of nitrogens with one attached hydrogen (secondary N) is 2. The SMILES string of the molecule is CCOC1CNCCN1. The molecule has 0 saturated carbocycles. The van der Waals surface area contributed by atoms with Crippen molar-refractivity contribution in [2.45, 2.75) is 13.2 Å². The van der Waals surface area contributed by atoms with Crippen molar-refractivity contribution in [3.05, 3.63) is 0 Å². The van der Waals surface area contributed by atoms with Crippen molar-refractivity contribution in [3.63, 3.8) is 0 Å². The van der Waals surface area contributed by atoms with Gasteiger partial charge in [-0.1, -0.05) is 0 Å². The first-order valence-electron chi connectivity index (χ1n) is 3.49. The highest BCUT2D eigenvalue weighted by Crippen LogP contribution is 1.87. The highest BCUT2D eigenvalue weighted by Gasteiger charge is 2.09. The highest BCUT2D eigenvalue weighted by atomic mass is 16.5. The lowest BCUT2D eigenvalue weighted by atomic mass is 10.4. The van der Waals surface area contributed by atoms with E-state index in [4.69, 9.17) is 4.74 Å². The van der Waals surface area contributed by atoms with E-state index < -0.39 is 0 Å². The molecule has 1 heterocycles. The minimum absolute atomic E-state index is 0.240. The summed E-state index contributed by atoms with van der Waals surface area (Å²) in [7, 11) is 0. The van der Waals surface area contributed by atoms with E-state index in [1.165, 1.54) is 0 Å². The van der Waals surface area contributed by atoms with Gasteiger partial charge in [-0.05, 0) is 6.92 Å². The van der Waals surface area contributed by atoms with E-state index >= 15 is 0 Å². The van der Waals surface area contributed by atoms with Crippen molar-refractivity contribution in [1.29, 1.82) is 0 Å². The average Bonchev–Trinajstić information content (AvgIpc) is 1.91. The predicted molar refractivity (Wildman–Crippen MR) is 36.3 cm³/mol. The van der Waals surface area contributed by atoms with E-state index in [0.717, 1.165) is 26.2 Å². The van der Waals surface area contributed by atoms with E-state index in [2.05, 4.69) is 10.6 Å². The van der Waals surface area contributed by atoms with Crippen LogP contribution >= 0.6 is 0 Å². The second-order valence-corrected chi connectivity index (χ2v) is 2.10. The average molecular weight is 130 g/mol. The normalized spacial score (nSPS) is 28.3. The van der Waals surface area contributed by atoms with Gasteiger partial charge >= 0.3 is 0 Å². The van der Waals surface area contributed by atoms with E-state index in [1.807, 2.05) is 6.92 Å². The quantitative estimate of drug-likeness (QED) is 0.531. The van der Waals surface area contributed by atoms with Gasteiger partial charge in [0.2, 0.25) is 0 Å². The molecule has 3 nitrogen and oxygen atoms in total. The predicted octanol–water partition coefficient (Wildman–Crippen LogP) is -0.458. The summed E-state index contributed by atoms with van der Waals surface area (Å²) in [5.41, 5.74) is 0. The molecule has 1 aliphatic rings. The molecule has 0 aliphatic carbocycles. The lowest BCUT2D eigenvalue weighted by Gasteiger charge is -2.23. The van der Waals surface area contributed by atoms with E-state index in [9.17, 15) is 0 Å². The Kier molecular flexibility index (Phi) is 2.97. The molecule has 1 saturated heterocycles. The van der Waals surface area contributed by atoms with Gasteiger partial charge in [-0.25, -0.2) is 0 Å². The Bertz CT molecular complexity index is 68.7.